The van der Waals surface area contributed by atoms with Crippen LogP contribution in [0.4, 0.5) is 4.79 Å². The second-order valence-electron chi connectivity index (χ2n) is 9.77. The highest BCUT2D eigenvalue weighted by molar-refractivity contribution is 5.68. The van der Waals surface area contributed by atoms with E-state index in [1.165, 1.54) is 0 Å². The number of hydrogen-bond donors (Lipinski definition) is 0. The van der Waals surface area contributed by atoms with Gasteiger partial charge in [-0.3, -0.25) is 9.55 Å². The van der Waals surface area contributed by atoms with Crippen LogP contribution in [0.25, 0.3) is 17.3 Å². The first-order valence-electron chi connectivity index (χ1n) is 13.2. The highest BCUT2D eigenvalue weighted by Gasteiger charge is 2.35. The van der Waals surface area contributed by atoms with Crippen molar-refractivity contribution in [1.82, 2.24) is 19.4 Å². The maximum Gasteiger partial charge on any atom is 0.410 e. The van der Waals surface area contributed by atoms with Gasteiger partial charge >= 0.3 is 6.09 Å². The highest BCUT2D eigenvalue weighted by atomic mass is 16.7. The Morgan fingerprint density at radius 1 is 0.974 bits per heavy atom. The largest absolute Gasteiger partial charge is 0.456 e. The van der Waals surface area contributed by atoms with Crippen molar-refractivity contribution in [2.24, 2.45) is 0 Å². The van der Waals surface area contributed by atoms with E-state index in [2.05, 4.69) is 12.1 Å². The summed E-state index contributed by atoms with van der Waals surface area (Å²) in [5.41, 5.74) is 4.62. The first-order chi connectivity index (χ1) is 19.2. The van der Waals surface area contributed by atoms with Crippen molar-refractivity contribution in [3.8, 4) is 11.4 Å². The van der Waals surface area contributed by atoms with Crippen molar-refractivity contribution in [2.45, 2.75) is 32.3 Å². The highest BCUT2D eigenvalue weighted by Crippen LogP contribution is 2.36. The molecule has 1 atom stereocenters. The van der Waals surface area contributed by atoms with E-state index in [0.29, 0.717) is 25.4 Å². The van der Waals surface area contributed by atoms with E-state index in [4.69, 9.17) is 24.2 Å². The Morgan fingerprint density at radius 2 is 1.74 bits per heavy atom. The Morgan fingerprint density at radius 3 is 2.51 bits per heavy atom. The Labute approximate surface area is 227 Å². The topological polar surface area (TPSA) is 78.7 Å². The van der Waals surface area contributed by atoms with Crippen molar-refractivity contribution in [1.29, 1.82) is 0 Å². The lowest BCUT2D eigenvalue weighted by Gasteiger charge is -2.18. The van der Waals surface area contributed by atoms with Crippen LogP contribution in [0.1, 0.15) is 35.0 Å². The van der Waals surface area contributed by atoms with Crippen molar-refractivity contribution in [3.63, 3.8) is 0 Å². The fraction of sp³-hybridized carbons (Fsp3) is 0.258. The van der Waals surface area contributed by atoms with Gasteiger partial charge in [0.1, 0.15) is 12.4 Å². The standard InChI is InChI=1S/C31H30N4O4/c1-22-9-8-14-26(33-22)27-18-32-29(35(27)30-28(38-21-39-30)17-23-10-4-2-5-11-23)25-15-16-34(19-25)31(36)37-20-24-12-6-3-7-13-24/h2-14,18,25H,15-17,19-21H2,1H3. The van der Waals surface area contributed by atoms with Gasteiger partial charge in [0.15, 0.2) is 5.76 Å². The van der Waals surface area contributed by atoms with Crippen molar-refractivity contribution >= 4 is 12.0 Å². The Balaban J connectivity index is 1.30. The Bertz CT molecular complexity index is 1480. The summed E-state index contributed by atoms with van der Waals surface area (Å²) in [6, 6.07) is 25.8. The third-order valence-corrected chi connectivity index (χ3v) is 7.03. The fourth-order valence-electron chi connectivity index (χ4n) is 5.08. The van der Waals surface area contributed by atoms with Crippen LogP contribution < -0.4 is 0 Å². The van der Waals surface area contributed by atoms with Crippen LogP contribution >= 0.6 is 0 Å². The lowest BCUT2D eigenvalue weighted by Crippen LogP contribution is -2.29. The third-order valence-electron chi connectivity index (χ3n) is 7.03. The fourth-order valence-corrected chi connectivity index (χ4v) is 5.08. The molecule has 2 aliphatic rings. The maximum absolute atomic E-state index is 12.9. The monoisotopic (exact) mass is 522 g/mol. The predicted octanol–water partition coefficient (Wildman–Crippen LogP) is 5.75. The van der Waals surface area contributed by atoms with Gasteiger partial charge in [0, 0.05) is 31.1 Å². The van der Waals surface area contributed by atoms with Crippen LogP contribution in [-0.4, -0.2) is 45.4 Å². The van der Waals surface area contributed by atoms with Crippen molar-refractivity contribution < 1.29 is 19.0 Å². The van der Waals surface area contributed by atoms with Crippen molar-refractivity contribution in [2.75, 3.05) is 19.9 Å². The summed E-state index contributed by atoms with van der Waals surface area (Å²) in [5, 5.41) is 0. The zero-order chi connectivity index (χ0) is 26.6. The van der Waals surface area contributed by atoms with Gasteiger partial charge in [-0.1, -0.05) is 66.7 Å². The molecule has 1 amide bonds. The van der Waals surface area contributed by atoms with Gasteiger partial charge in [-0.25, -0.2) is 9.78 Å². The Hall–Kier alpha value is -4.59. The molecule has 0 aliphatic carbocycles. The van der Waals surface area contributed by atoms with E-state index in [1.54, 1.807) is 4.90 Å². The minimum atomic E-state index is -0.315. The summed E-state index contributed by atoms with van der Waals surface area (Å²) < 4.78 is 19.7. The normalized spacial score (nSPS) is 16.7. The van der Waals surface area contributed by atoms with Crippen LogP contribution in [0.3, 0.4) is 0 Å². The van der Waals surface area contributed by atoms with Gasteiger partial charge in [0.2, 0.25) is 12.7 Å². The average molecular weight is 523 g/mol. The third kappa shape index (κ3) is 5.36. The number of hydrogen-bond acceptors (Lipinski definition) is 6. The molecule has 6 rings (SSSR count). The molecule has 1 fully saturated rings. The van der Waals surface area contributed by atoms with Gasteiger partial charge in [0.05, 0.1) is 17.6 Å². The van der Waals surface area contributed by atoms with Crippen LogP contribution in [0.2, 0.25) is 0 Å². The second-order valence-corrected chi connectivity index (χ2v) is 9.77. The molecular formula is C31H30N4O4. The van der Waals surface area contributed by atoms with Crippen LogP contribution in [0.15, 0.2) is 90.8 Å². The molecule has 198 valence electrons. The number of pyridine rings is 1. The van der Waals surface area contributed by atoms with Gasteiger partial charge in [-0.05, 0) is 36.6 Å². The number of rotatable bonds is 7. The summed E-state index contributed by atoms with van der Waals surface area (Å²) >= 11 is 0. The number of allylic oxidation sites excluding steroid dienone is 1. The first kappa shape index (κ1) is 24.7. The van der Waals surface area contributed by atoms with Crippen LogP contribution in [0.5, 0.6) is 0 Å². The molecule has 8 heteroatoms. The molecule has 39 heavy (non-hydrogen) atoms. The molecule has 1 saturated heterocycles. The molecule has 4 heterocycles. The van der Waals surface area contributed by atoms with Crippen molar-refractivity contribution in [3.05, 3.63) is 113 Å². The number of imidazole rings is 1. The molecule has 2 aliphatic heterocycles. The lowest BCUT2D eigenvalue weighted by atomic mass is 10.1. The maximum atomic E-state index is 12.9. The van der Waals surface area contributed by atoms with Gasteiger partial charge in [0.25, 0.3) is 0 Å². The summed E-state index contributed by atoms with van der Waals surface area (Å²) in [7, 11) is 0. The number of amides is 1. The Kier molecular flexibility index (Phi) is 6.99. The van der Waals surface area contributed by atoms with E-state index >= 15 is 0 Å². The zero-order valence-corrected chi connectivity index (χ0v) is 21.8. The summed E-state index contributed by atoms with van der Waals surface area (Å²) in [5.74, 6) is 2.18. The molecule has 0 saturated carbocycles. The van der Waals surface area contributed by atoms with E-state index in [9.17, 15) is 4.79 Å². The van der Waals surface area contributed by atoms with E-state index in [-0.39, 0.29) is 25.4 Å². The smallest absolute Gasteiger partial charge is 0.410 e. The molecular weight excluding hydrogens is 492 g/mol. The summed E-state index contributed by atoms with van der Waals surface area (Å²) in [6.45, 7) is 3.46. The molecule has 4 aromatic rings. The molecule has 0 N–H and O–H groups in total. The molecule has 2 aromatic heterocycles. The van der Waals surface area contributed by atoms with Gasteiger partial charge < -0.3 is 19.1 Å². The van der Waals surface area contributed by atoms with E-state index in [1.807, 2.05) is 84.4 Å². The number of carbonyl (C=O) groups is 1. The predicted molar refractivity (Wildman–Crippen MR) is 146 cm³/mol. The number of likely N-dealkylation sites (tertiary alicyclic amines) is 1. The summed E-state index contributed by atoms with van der Waals surface area (Å²) in [4.78, 5) is 24.2. The number of nitrogens with zero attached hydrogens (tertiary/aromatic N) is 4. The minimum absolute atomic E-state index is 0.00232. The van der Waals surface area contributed by atoms with Crippen LogP contribution in [-0.2, 0) is 27.2 Å². The lowest BCUT2D eigenvalue weighted by molar-refractivity contribution is 0.0822. The second kappa shape index (κ2) is 11.0. The average Bonchev–Trinajstić information content (AvgIpc) is 3.72. The number of aromatic nitrogens is 3. The first-order valence-corrected chi connectivity index (χ1v) is 13.2. The van der Waals surface area contributed by atoms with E-state index in [0.717, 1.165) is 46.2 Å². The number of aryl methyl sites for hydroxylation is 1. The van der Waals surface area contributed by atoms with E-state index < -0.39 is 0 Å². The molecule has 8 nitrogen and oxygen atoms in total. The number of benzene rings is 2. The molecule has 1 unspecified atom stereocenters. The SMILES string of the molecule is Cc1cccc(-c2cnc(C3CCN(C(=O)OCc4ccccc4)C3)n2C2=C(Cc3ccccc3)OCO2)n1. The minimum Gasteiger partial charge on any atom is -0.456 e. The quantitative estimate of drug-likeness (QED) is 0.307. The number of ether oxygens (including phenoxy) is 3. The number of carbonyl (C=O) groups excluding carboxylic acids is 1. The molecule has 2 aromatic carbocycles. The van der Waals surface area contributed by atoms with Crippen LogP contribution in [0, 0.1) is 6.92 Å². The summed E-state index contributed by atoms with van der Waals surface area (Å²) in [6.07, 6.45) is 2.88. The van der Waals surface area contributed by atoms with Gasteiger partial charge in [-0.2, -0.15) is 0 Å². The molecule has 0 bridgehead atoms. The molecule has 0 spiro atoms. The zero-order valence-electron chi connectivity index (χ0n) is 21.8. The molecule has 0 radical (unpaired) electrons. The van der Waals surface area contributed by atoms with Gasteiger partial charge in [-0.15, -0.1) is 0 Å².